The molecule has 6 heteroatoms. The molecule has 2 heterocycles. The summed E-state index contributed by atoms with van der Waals surface area (Å²) in [7, 11) is 0. The van der Waals surface area contributed by atoms with Gasteiger partial charge in [-0.25, -0.2) is 4.98 Å². The number of hydrogen-bond acceptors (Lipinski definition) is 5. The number of rotatable bonds is 5. The molecule has 0 unspecified atom stereocenters. The van der Waals surface area contributed by atoms with Gasteiger partial charge in [-0.2, -0.15) is 0 Å². The van der Waals surface area contributed by atoms with Crippen molar-refractivity contribution in [2.24, 2.45) is 0 Å². The highest BCUT2D eigenvalue weighted by Gasteiger charge is 2.12. The van der Waals surface area contributed by atoms with E-state index in [0.717, 1.165) is 26.3 Å². The number of carbonyl (C=O) groups excluding carboxylic acids is 1. The van der Waals surface area contributed by atoms with Crippen LogP contribution in [0.4, 0.5) is 10.8 Å². The summed E-state index contributed by atoms with van der Waals surface area (Å²) in [5.41, 5.74) is 2.04. The topological polar surface area (TPSA) is 54.0 Å². The Kier molecular flexibility index (Phi) is 4.73. The third kappa shape index (κ3) is 3.97. The van der Waals surface area contributed by atoms with E-state index in [1.807, 2.05) is 36.4 Å². The zero-order chi connectivity index (χ0) is 16.2. The first-order chi connectivity index (χ1) is 11.1. The Balaban J connectivity index is 1.77. The number of thiazole rings is 1. The van der Waals surface area contributed by atoms with Crippen LogP contribution in [0, 0.1) is 6.92 Å². The van der Waals surface area contributed by atoms with Gasteiger partial charge >= 0.3 is 0 Å². The summed E-state index contributed by atoms with van der Waals surface area (Å²) in [5, 5.41) is 7.05. The van der Waals surface area contributed by atoms with E-state index >= 15 is 0 Å². The summed E-state index contributed by atoms with van der Waals surface area (Å²) in [5.74, 6) is -0.0147. The fourth-order valence-corrected chi connectivity index (χ4v) is 4.04. The zero-order valence-corrected chi connectivity index (χ0v) is 14.6. The van der Waals surface area contributed by atoms with E-state index in [9.17, 15) is 4.79 Å². The van der Waals surface area contributed by atoms with Gasteiger partial charge in [0.05, 0.1) is 17.1 Å². The molecule has 0 aliphatic heterocycles. The second-order valence-corrected chi connectivity index (χ2v) is 7.46. The number of anilines is 2. The van der Waals surface area contributed by atoms with Crippen LogP contribution in [0.3, 0.4) is 0 Å². The number of thiophene rings is 1. The normalized spacial score (nSPS) is 10.5. The third-order valence-corrected chi connectivity index (χ3v) is 5.21. The monoisotopic (exact) mass is 343 g/mol. The Labute approximate surface area is 143 Å². The van der Waals surface area contributed by atoms with Crippen molar-refractivity contribution in [2.45, 2.75) is 20.4 Å². The molecule has 118 valence electrons. The average Bonchev–Trinajstić information content (AvgIpc) is 3.13. The van der Waals surface area contributed by atoms with Crippen LogP contribution in [0.5, 0.6) is 0 Å². The summed E-state index contributed by atoms with van der Waals surface area (Å²) in [6.07, 6.45) is 0. The molecular formula is C17H17N3OS2. The van der Waals surface area contributed by atoms with E-state index in [1.54, 1.807) is 22.7 Å². The Morgan fingerprint density at radius 1 is 1.13 bits per heavy atom. The minimum absolute atomic E-state index is 0.0147. The number of aromatic nitrogens is 1. The van der Waals surface area contributed by atoms with Crippen LogP contribution in [0.2, 0.25) is 0 Å². The van der Waals surface area contributed by atoms with Crippen LogP contribution < -0.4 is 10.6 Å². The number of nitrogens with zero attached hydrogens (tertiary/aromatic N) is 1. The molecular weight excluding hydrogens is 326 g/mol. The number of para-hydroxylation sites is 1. The number of amides is 1. The highest BCUT2D eigenvalue weighted by molar-refractivity contribution is 7.18. The molecule has 0 radical (unpaired) electrons. The SMILES string of the molecule is CC(=O)NCc1ccc(-c2nc(Nc3ccccc3)sc2C)s1. The van der Waals surface area contributed by atoms with Crippen molar-refractivity contribution in [3.05, 3.63) is 52.2 Å². The van der Waals surface area contributed by atoms with Crippen LogP contribution in [0.15, 0.2) is 42.5 Å². The van der Waals surface area contributed by atoms with Gasteiger partial charge in [-0.3, -0.25) is 4.79 Å². The molecule has 23 heavy (non-hydrogen) atoms. The maximum absolute atomic E-state index is 11.0. The van der Waals surface area contributed by atoms with Crippen molar-refractivity contribution in [3.8, 4) is 10.6 Å². The molecule has 0 bridgehead atoms. The summed E-state index contributed by atoms with van der Waals surface area (Å²) in [6, 6.07) is 14.1. The fraction of sp³-hybridized carbons (Fsp3) is 0.176. The number of carbonyl (C=O) groups is 1. The maximum atomic E-state index is 11.0. The second kappa shape index (κ2) is 6.93. The summed E-state index contributed by atoms with van der Waals surface area (Å²) in [6.45, 7) is 4.18. The molecule has 2 N–H and O–H groups in total. The summed E-state index contributed by atoms with van der Waals surface area (Å²) < 4.78 is 0. The standard InChI is InChI=1S/C17H17N3OS2/c1-11-16(15-9-8-14(23-15)10-18-12(2)21)20-17(22-11)19-13-6-4-3-5-7-13/h3-9H,10H2,1-2H3,(H,18,21)(H,19,20). The number of aryl methyl sites for hydroxylation is 1. The van der Waals surface area contributed by atoms with Gasteiger partial charge in [0, 0.05) is 22.4 Å². The molecule has 0 saturated heterocycles. The molecule has 1 amide bonds. The highest BCUT2D eigenvalue weighted by Crippen LogP contribution is 2.35. The van der Waals surface area contributed by atoms with Gasteiger partial charge in [-0.1, -0.05) is 18.2 Å². The second-order valence-electron chi connectivity index (χ2n) is 5.09. The molecule has 3 aromatic rings. The number of hydrogen-bond donors (Lipinski definition) is 2. The Morgan fingerprint density at radius 2 is 1.91 bits per heavy atom. The molecule has 4 nitrogen and oxygen atoms in total. The van der Waals surface area contributed by atoms with Crippen molar-refractivity contribution < 1.29 is 4.79 Å². The molecule has 0 aliphatic rings. The molecule has 0 fully saturated rings. The van der Waals surface area contributed by atoms with Gasteiger partial charge < -0.3 is 10.6 Å². The molecule has 0 saturated carbocycles. The number of benzene rings is 1. The first-order valence-corrected chi connectivity index (χ1v) is 8.88. The van der Waals surface area contributed by atoms with Crippen LogP contribution in [0.1, 0.15) is 16.7 Å². The maximum Gasteiger partial charge on any atom is 0.217 e. The molecule has 0 aliphatic carbocycles. The molecule has 3 rings (SSSR count). The van der Waals surface area contributed by atoms with E-state index in [2.05, 4.69) is 23.6 Å². The lowest BCUT2D eigenvalue weighted by atomic mass is 10.3. The fourth-order valence-electron chi connectivity index (χ4n) is 2.14. The van der Waals surface area contributed by atoms with E-state index in [0.29, 0.717) is 6.54 Å². The van der Waals surface area contributed by atoms with E-state index in [-0.39, 0.29) is 5.91 Å². The van der Waals surface area contributed by atoms with E-state index in [4.69, 9.17) is 4.98 Å². The van der Waals surface area contributed by atoms with Crippen molar-refractivity contribution in [3.63, 3.8) is 0 Å². The lowest BCUT2D eigenvalue weighted by Crippen LogP contribution is -2.17. The minimum atomic E-state index is -0.0147. The smallest absolute Gasteiger partial charge is 0.217 e. The molecule has 0 atom stereocenters. The van der Waals surface area contributed by atoms with E-state index in [1.165, 1.54) is 11.8 Å². The predicted molar refractivity (Wildman–Crippen MR) is 97.4 cm³/mol. The van der Waals surface area contributed by atoms with Crippen LogP contribution in [0.25, 0.3) is 10.6 Å². The van der Waals surface area contributed by atoms with Crippen LogP contribution >= 0.6 is 22.7 Å². The highest BCUT2D eigenvalue weighted by atomic mass is 32.1. The molecule has 0 spiro atoms. The minimum Gasteiger partial charge on any atom is -0.351 e. The van der Waals surface area contributed by atoms with Gasteiger partial charge in [0.15, 0.2) is 5.13 Å². The largest absolute Gasteiger partial charge is 0.351 e. The Hall–Kier alpha value is -2.18. The van der Waals surface area contributed by atoms with Crippen molar-refractivity contribution in [2.75, 3.05) is 5.32 Å². The Bertz CT molecular complexity index is 808. The van der Waals surface area contributed by atoms with E-state index < -0.39 is 0 Å². The van der Waals surface area contributed by atoms with Crippen molar-refractivity contribution in [1.29, 1.82) is 0 Å². The number of nitrogens with one attached hydrogen (secondary N) is 2. The van der Waals surface area contributed by atoms with Gasteiger partial charge in [-0.05, 0) is 31.2 Å². The predicted octanol–water partition coefficient (Wildman–Crippen LogP) is 4.56. The quantitative estimate of drug-likeness (QED) is 0.714. The zero-order valence-electron chi connectivity index (χ0n) is 12.9. The summed E-state index contributed by atoms with van der Waals surface area (Å²) >= 11 is 3.31. The molecule has 2 aromatic heterocycles. The summed E-state index contributed by atoms with van der Waals surface area (Å²) in [4.78, 5) is 19.1. The van der Waals surface area contributed by atoms with Gasteiger partial charge in [0.2, 0.25) is 5.91 Å². The van der Waals surface area contributed by atoms with Crippen LogP contribution in [-0.4, -0.2) is 10.9 Å². The first kappa shape index (κ1) is 15.7. The lowest BCUT2D eigenvalue weighted by molar-refractivity contribution is -0.119. The lowest BCUT2D eigenvalue weighted by Gasteiger charge is -2.00. The first-order valence-electron chi connectivity index (χ1n) is 7.25. The molecule has 1 aromatic carbocycles. The van der Waals surface area contributed by atoms with Crippen molar-refractivity contribution >= 4 is 39.4 Å². The van der Waals surface area contributed by atoms with Crippen molar-refractivity contribution in [1.82, 2.24) is 10.3 Å². The Morgan fingerprint density at radius 3 is 2.65 bits per heavy atom. The average molecular weight is 343 g/mol. The van der Waals surface area contributed by atoms with Crippen LogP contribution in [-0.2, 0) is 11.3 Å². The van der Waals surface area contributed by atoms with Gasteiger partial charge in [0.1, 0.15) is 0 Å². The van der Waals surface area contributed by atoms with Gasteiger partial charge in [0.25, 0.3) is 0 Å². The third-order valence-electron chi connectivity index (χ3n) is 3.23. The van der Waals surface area contributed by atoms with Gasteiger partial charge in [-0.15, -0.1) is 22.7 Å².